The summed E-state index contributed by atoms with van der Waals surface area (Å²) < 4.78 is 10.8. The van der Waals surface area contributed by atoms with Crippen molar-refractivity contribution in [1.82, 2.24) is 20.0 Å². The maximum Gasteiger partial charge on any atom is 0.236 e. The van der Waals surface area contributed by atoms with Crippen molar-refractivity contribution in [1.29, 1.82) is 0 Å². The Labute approximate surface area is 185 Å². The van der Waals surface area contributed by atoms with E-state index in [1.54, 1.807) is 14.2 Å². The monoisotopic (exact) mass is 432 g/mol. The summed E-state index contributed by atoms with van der Waals surface area (Å²) in [6, 6.07) is 4.06. The van der Waals surface area contributed by atoms with Crippen molar-refractivity contribution in [3.63, 3.8) is 0 Å². The van der Waals surface area contributed by atoms with Crippen molar-refractivity contribution >= 4 is 11.8 Å². The molecule has 2 aliphatic rings. The largest absolute Gasteiger partial charge is 0.493 e. The molecule has 1 saturated heterocycles. The van der Waals surface area contributed by atoms with Crippen LogP contribution < -0.4 is 14.8 Å². The summed E-state index contributed by atoms with van der Waals surface area (Å²) in [5, 5.41) is 2.99. The molecule has 0 aliphatic carbocycles. The molecule has 172 valence electrons. The lowest BCUT2D eigenvalue weighted by molar-refractivity contribution is -0.134. The highest BCUT2D eigenvalue weighted by atomic mass is 16.5. The van der Waals surface area contributed by atoms with Crippen LogP contribution in [-0.4, -0.2) is 92.1 Å². The zero-order valence-corrected chi connectivity index (χ0v) is 19.5. The molecule has 1 aromatic rings. The molecule has 2 aliphatic heterocycles. The molecule has 8 heteroatoms. The number of piperazine rings is 1. The third-order valence-electron chi connectivity index (χ3n) is 5.76. The number of amides is 2. The van der Waals surface area contributed by atoms with Crippen molar-refractivity contribution in [2.24, 2.45) is 0 Å². The standard InChI is InChI=1S/C23H36N4O4/c1-23(2,3)24-21(28)15-25-8-10-27(11-9-25)22(29)16-26-7-6-17-12-19(30-4)20(31-5)13-18(17)14-26/h12-13H,6-11,14-16H2,1-5H3,(H,24,28). The topological polar surface area (TPSA) is 74.4 Å². The Bertz CT molecular complexity index is 798. The lowest BCUT2D eigenvalue weighted by atomic mass is 9.98. The zero-order valence-electron chi connectivity index (χ0n) is 19.5. The van der Waals surface area contributed by atoms with Crippen LogP contribution in [-0.2, 0) is 22.6 Å². The van der Waals surface area contributed by atoms with Gasteiger partial charge in [0.2, 0.25) is 11.8 Å². The van der Waals surface area contributed by atoms with Crippen LogP contribution in [0.3, 0.4) is 0 Å². The maximum absolute atomic E-state index is 12.9. The maximum atomic E-state index is 12.9. The van der Waals surface area contributed by atoms with Gasteiger partial charge in [-0.25, -0.2) is 0 Å². The Morgan fingerprint density at radius 1 is 0.903 bits per heavy atom. The van der Waals surface area contributed by atoms with Crippen LogP contribution in [0.15, 0.2) is 12.1 Å². The van der Waals surface area contributed by atoms with E-state index in [0.29, 0.717) is 26.2 Å². The van der Waals surface area contributed by atoms with Crippen LogP contribution in [0.4, 0.5) is 0 Å². The Balaban J connectivity index is 1.48. The summed E-state index contributed by atoms with van der Waals surface area (Å²) in [6.45, 7) is 11.1. The second-order valence-electron chi connectivity index (χ2n) is 9.39. The lowest BCUT2D eigenvalue weighted by Gasteiger charge is -2.36. The first-order chi connectivity index (χ1) is 14.7. The number of hydrogen-bond donors (Lipinski definition) is 1. The van der Waals surface area contributed by atoms with E-state index in [9.17, 15) is 9.59 Å². The van der Waals surface area contributed by atoms with Gasteiger partial charge in [-0.05, 0) is 50.5 Å². The molecule has 1 aromatic carbocycles. The normalized spacial score (nSPS) is 17.8. The van der Waals surface area contributed by atoms with Crippen molar-refractivity contribution in [3.8, 4) is 11.5 Å². The third-order valence-corrected chi connectivity index (χ3v) is 5.76. The third kappa shape index (κ3) is 6.33. The minimum Gasteiger partial charge on any atom is -0.493 e. The van der Waals surface area contributed by atoms with Gasteiger partial charge in [-0.3, -0.25) is 19.4 Å². The summed E-state index contributed by atoms with van der Waals surface area (Å²) in [7, 11) is 3.29. The van der Waals surface area contributed by atoms with E-state index >= 15 is 0 Å². The number of rotatable bonds is 6. The van der Waals surface area contributed by atoms with Crippen molar-refractivity contribution in [3.05, 3.63) is 23.3 Å². The van der Waals surface area contributed by atoms with Gasteiger partial charge < -0.3 is 19.7 Å². The van der Waals surface area contributed by atoms with E-state index < -0.39 is 0 Å². The average molecular weight is 433 g/mol. The van der Waals surface area contributed by atoms with Gasteiger partial charge in [0, 0.05) is 44.8 Å². The molecule has 3 rings (SSSR count). The fraction of sp³-hybridized carbons (Fsp3) is 0.652. The Hall–Kier alpha value is -2.32. The highest BCUT2D eigenvalue weighted by molar-refractivity contribution is 5.79. The number of carbonyl (C=O) groups is 2. The summed E-state index contributed by atoms with van der Waals surface area (Å²) in [5.74, 6) is 1.66. The van der Waals surface area contributed by atoms with Gasteiger partial charge in [-0.1, -0.05) is 0 Å². The van der Waals surface area contributed by atoms with Crippen LogP contribution >= 0.6 is 0 Å². The van der Waals surface area contributed by atoms with Gasteiger partial charge in [0.05, 0.1) is 27.3 Å². The highest BCUT2D eigenvalue weighted by Gasteiger charge is 2.26. The Morgan fingerprint density at radius 3 is 2.10 bits per heavy atom. The molecule has 8 nitrogen and oxygen atoms in total. The van der Waals surface area contributed by atoms with Gasteiger partial charge in [-0.15, -0.1) is 0 Å². The van der Waals surface area contributed by atoms with Crippen LogP contribution in [0.2, 0.25) is 0 Å². The molecule has 0 spiro atoms. The number of ether oxygens (including phenoxy) is 2. The molecule has 2 heterocycles. The quantitative estimate of drug-likeness (QED) is 0.726. The zero-order chi connectivity index (χ0) is 22.6. The van der Waals surface area contributed by atoms with Gasteiger partial charge >= 0.3 is 0 Å². The number of hydrogen-bond acceptors (Lipinski definition) is 6. The molecule has 0 saturated carbocycles. The number of nitrogens with one attached hydrogen (secondary N) is 1. The van der Waals surface area contributed by atoms with Gasteiger partial charge in [-0.2, -0.15) is 0 Å². The predicted molar refractivity (Wildman–Crippen MR) is 119 cm³/mol. The smallest absolute Gasteiger partial charge is 0.236 e. The summed E-state index contributed by atoms with van der Waals surface area (Å²) in [6.07, 6.45) is 0.889. The number of nitrogens with zero attached hydrogens (tertiary/aromatic N) is 3. The molecule has 0 bridgehead atoms. The molecular weight excluding hydrogens is 396 g/mol. The van der Waals surface area contributed by atoms with Crippen molar-refractivity contribution in [2.45, 2.75) is 39.3 Å². The Morgan fingerprint density at radius 2 is 1.52 bits per heavy atom. The predicted octanol–water partition coefficient (Wildman–Crippen LogP) is 1.12. The van der Waals surface area contributed by atoms with E-state index in [0.717, 1.165) is 44.1 Å². The summed E-state index contributed by atoms with van der Waals surface area (Å²) in [4.78, 5) is 31.2. The second kappa shape index (κ2) is 9.87. The minimum absolute atomic E-state index is 0.0336. The summed E-state index contributed by atoms with van der Waals surface area (Å²) in [5.41, 5.74) is 2.21. The highest BCUT2D eigenvalue weighted by Crippen LogP contribution is 2.33. The number of methoxy groups -OCH3 is 2. The number of benzene rings is 1. The first-order valence-corrected chi connectivity index (χ1v) is 11.0. The van der Waals surface area contributed by atoms with E-state index in [1.165, 1.54) is 11.1 Å². The minimum atomic E-state index is -0.225. The number of carbonyl (C=O) groups excluding carboxylic acids is 2. The fourth-order valence-corrected chi connectivity index (χ4v) is 4.18. The van der Waals surface area contributed by atoms with Gasteiger partial charge in [0.25, 0.3) is 0 Å². The molecule has 1 fully saturated rings. The Kier molecular flexibility index (Phi) is 7.43. The second-order valence-corrected chi connectivity index (χ2v) is 9.39. The molecular formula is C23H36N4O4. The van der Waals surface area contributed by atoms with Crippen molar-refractivity contribution in [2.75, 3.05) is 60.0 Å². The van der Waals surface area contributed by atoms with Crippen LogP contribution in [0.1, 0.15) is 31.9 Å². The molecule has 0 unspecified atom stereocenters. The molecule has 1 N–H and O–H groups in total. The van der Waals surface area contributed by atoms with E-state index in [4.69, 9.17) is 9.47 Å². The molecule has 0 aromatic heterocycles. The molecule has 0 atom stereocenters. The van der Waals surface area contributed by atoms with Crippen molar-refractivity contribution < 1.29 is 19.1 Å². The van der Waals surface area contributed by atoms with E-state index in [2.05, 4.69) is 15.1 Å². The summed E-state index contributed by atoms with van der Waals surface area (Å²) >= 11 is 0. The van der Waals surface area contributed by atoms with Crippen LogP contribution in [0.5, 0.6) is 11.5 Å². The van der Waals surface area contributed by atoms with Crippen LogP contribution in [0.25, 0.3) is 0 Å². The lowest BCUT2D eigenvalue weighted by Crippen LogP contribution is -2.54. The average Bonchev–Trinajstić information content (AvgIpc) is 2.71. The SMILES string of the molecule is COc1cc2c(cc1OC)CN(CC(=O)N1CCN(CC(=O)NC(C)(C)C)CC1)CC2. The van der Waals surface area contributed by atoms with Gasteiger partial charge in [0.15, 0.2) is 11.5 Å². The molecule has 0 radical (unpaired) electrons. The molecule has 2 amide bonds. The van der Waals surface area contributed by atoms with Gasteiger partial charge in [0.1, 0.15) is 0 Å². The fourth-order valence-electron chi connectivity index (χ4n) is 4.18. The van der Waals surface area contributed by atoms with Crippen LogP contribution in [0, 0.1) is 0 Å². The first kappa shape index (κ1) is 23.3. The van der Waals surface area contributed by atoms with E-state index in [1.807, 2.05) is 37.8 Å². The van der Waals surface area contributed by atoms with E-state index in [-0.39, 0.29) is 17.4 Å². The number of fused-ring (bicyclic) bond motifs is 1. The first-order valence-electron chi connectivity index (χ1n) is 11.0. The molecule has 31 heavy (non-hydrogen) atoms.